The van der Waals surface area contributed by atoms with Crippen LogP contribution in [0.5, 0.6) is 0 Å². The smallest absolute Gasteiger partial charge is 0.399 e. The van der Waals surface area contributed by atoms with Crippen LogP contribution in [0.25, 0.3) is 5.70 Å². The van der Waals surface area contributed by atoms with E-state index in [2.05, 4.69) is 15.8 Å². The second-order valence-corrected chi connectivity index (χ2v) is 7.79. The fourth-order valence-corrected chi connectivity index (χ4v) is 3.52. The van der Waals surface area contributed by atoms with E-state index in [0.717, 1.165) is 40.3 Å². The zero-order valence-electron chi connectivity index (χ0n) is 18.2. The number of nitrogens with one attached hydrogen (secondary N) is 2. The molecule has 0 aliphatic carbocycles. The van der Waals surface area contributed by atoms with Gasteiger partial charge in [-0.05, 0) is 49.7 Å². The molecule has 2 aromatic carbocycles. The standard InChI is InChI=1S/C22H22F3N7O/c1-12-4-5-14(21(33)28-17-8-15(22(23,24)25)7-16(26)9-17)6-20(12)32-11-19(29-30-32)18-10-27-31(3)13(18)2/h4-11,29-30H,26H2,1-3H3,(H,28,33)/p+1. The highest BCUT2D eigenvalue weighted by molar-refractivity contribution is 6.05. The Bertz CT molecular complexity index is 1260. The lowest BCUT2D eigenvalue weighted by atomic mass is 10.1. The number of nitrogens with two attached hydrogens (primary N) is 2. The molecule has 1 aliphatic heterocycles. The molecule has 2 heterocycles. The molecule has 11 heteroatoms. The molecule has 0 saturated heterocycles. The first-order valence-electron chi connectivity index (χ1n) is 10.0. The number of rotatable bonds is 4. The molecular weight excluding hydrogens is 435 g/mol. The largest absolute Gasteiger partial charge is 0.416 e. The first-order valence-corrected chi connectivity index (χ1v) is 10.0. The molecular formula is C22H23F3N7O+. The van der Waals surface area contributed by atoms with Gasteiger partial charge in [-0.2, -0.15) is 23.3 Å². The van der Waals surface area contributed by atoms with Gasteiger partial charge in [-0.25, -0.2) is 5.43 Å². The lowest BCUT2D eigenvalue weighted by molar-refractivity contribution is -0.696. The molecule has 0 radical (unpaired) electrons. The van der Waals surface area contributed by atoms with Gasteiger partial charge in [-0.3, -0.25) is 9.48 Å². The van der Waals surface area contributed by atoms with Crippen LogP contribution in [0.15, 0.2) is 48.8 Å². The first kappa shape index (κ1) is 22.2. The highest BCUT2D eigenvalue weighted by atomic mass is 19.4. The summed E-state index contributed by atoms with van der Waals surface area (Å²) in [6.45, 7) is 3.86. The molecule has 0 unspecified atom stereocenters. The van der Waals surface area contributed by atoms with Gasteiger partial charge in [0.05, 0.1) is 23.6 Å². The maximum atomic E-state index is 13.1. The van der Waals surface area contributed by atoms with Gasteiger partial charge < -0.3 is 11.1 Å². The van der Waals surface area contributed by atoms with Gasteiger partial charge in [0.1, 0.15) is 5.70 Å². The Morgan fingerprint density at radius 1 is 1.18 bits per heavy atom. The number of aryl methyl sites for hydroxylation is 2. The van der Waals surface area contributed by atoms with Crippen LogP contribution in [0.4, 0.5) is 30.2 Å². The van der Waals surface area contributed by atoms with E-state index in [1.54, 1.807) is 34.6 Å². The van der Waals surface area contributed by atoms with Crippen LogP contribution in [0, 0.1) is 13.8 Å². The highest BCUT2D eigenvalue weighted by Gasteiger charge is 2.31. The Kier molecular flexibility index (Phi) is 5.50. The quantitative estimate of drug-likeness (QED) is 0.356. The molecule has 172 valence electrons. The molecule has 3 aromatic rings. The average Bonchev–Trinajstić information content (AvgIpc) is 3.34. The zero-order valence-corrected chi connectivity index (χ0v) is 18.2. The monoisotopic (exact) mass is 458 g/mol. The van der Waals surface area contributed by atoms with E-state index in [4.69, 9.17) is 5.73 Å². The van der Waals surface area contributed by atoms with Crippen molar-refractivity contribution in [1.29, 1.82) is 0 Å². The van der Waals surface area contributed by atoms with Gasteiger partial charge in [0.2, 0.25) is 0 Å². The molecule has 6 N–H and O–H groups in total. The SMILES string of the molecule is Cc1ccc(C(=O)Nc2cc(N)cc(C(F)(F)F)c2)cc1N1C=C(c2cnn(C)c2C)N[NH2+]1. The molecule has 1 amide bonds. The van der Waals surface area contributed by atoms with Crippen LogP contribution < -0.4 is 27.0 Å². The third kappa shape index (κ3) is 4.48. The van der Waals surface area contributed by atoms with Crippen LogP contribution in [-0.4, -0.2) is 15.7 Å². The zero-order chi connectivity index (χ0) is 23.9. The van der Waals surface area contributed by atoms with Crippen molar-refractivity contribution in [1.82, 2.24) is 15.2 Å². The number of nitrogens with zero attached hydrogens (tertiary/aromatic N) is 3. The third-order valence-corrected chi connectivity index (χ3v) is 5.44. The van der Waals surface area contributed by atoms with E-state index in [0.29, 0.717) is 5.56 Å². The number of alkyl halides is 3. The van der Waals surface area contributed by atoms with Crippen molar-refractivity contribution >= 4 is 28.7 Å². The number of benzene rings is 2. The van der Waals surface area contributed by atoms with Gasteiger partial charge in [0, 0.05) is 35.2 Å². The van der Waals surface area contributed by atoms with Crippen molar-refractivity contribution in [2.24, 2.45) is 7.05 Å². The fourth-order valence-electron chi connectivity index (χ4n) is 3.52. The Labute approximate surface area is 187 Å². The molecule has 0 atom stereocenters. The summed E-state index contributed by atoms with van der Waals surface area (Å²) in [5.41, 5.74) is 14.3. The number of amides is 1. The molecule has 8 nitrogen and oxygen atoms in total. The van der Waals surface area contributed by atoms with Crippen LogP contribution in [0.1, 0.15) is 32.7 Å². The lowest BCUT2D eigenvalue weighted by Gasteiger charge is -2.15. The molecule has 0 fully saturated rings. The van der Waals surface area contributed by atoms with Gasteiger partial charge >= 0.3 is 6.18 Å². The number of anilines is 3. The predicted molar refractivity (Wildman–Crippen MR) is 118 cm³/mol. The summed E-state index contributed by atoms with van der Waals surface area (Å²) in [6, 6.07) is 8.03. The summed E-state index contributed by atoms with van der Waals surface area (Å²) >= 11 is 0. The van der Waals surface area contributed by atoms with Gasteiger partial charge in [-0.1, -0.05) is 6.07 Å². The van der Waals surface area contributed by atoms with E-state index in [9.17, 15) is 18.0 Å². The van der Waals surface area contributed by atoms with Gasteiger partial charge in [0.15, 0.2) is 0 Å². The third-order valence-electron chi connectivity index (χ3n) is 5.44. The summed E-state index contributed by atoms with van der Waals surface area (Å²) in [5, 5.41) is 8.60. The molecule has 0 bridgehead atoms. The molecule has 4 rings (SSSR count). The number of aromatic nitrogens is 2. The van der Waals surface area contributed by atoms with Crippen molar-refractivity contribution in [3.63, 3.8) is 0 Å². The second-order valence-electron chi connectivity index (χ2n) is 7.79. The molecule has 1 aromatic heterocycles. The van der Waals surface area contributed by atoms with Crippen molar-refractivity contribution in [3.8, 4) is 0 Å². The summed E-state index contributed by atoms with van der Waals surface area (Å²) in [4.78, 5) is 12.8. The van der Waals surface area contributed by atoms with Crippen LogP contribution >= 0.6 is 0 Å². The number of carbonyl (C=O) groups is 1. The minimum atomic E-state index is -4.57. The topological polar surface area (TPSA) is 105 Å². The Morgan fingerprint density at radius 3 is 2.61 bits per heavy atom. The number of halogens is 3. The van der Waals surface area contributed by atoms with E-state index in [1.165, 1.54) is 6.07 Å². The van der Waals surface area contributed by atoms with Gasteiger partial charge in [0.25, 0.3) is 5.91 Å². The van der Waals surface area contributed by atoms with Crippen molar-refractivity contribution in [2.45, 2.75) is 20.0 Å². The normalized spacial score (nSPS) is 13.6. The van der Waals surface area contributed by atoms with E-state index < -0.39 is 17.6 Å². The van der Waals surface area contributed by atoms with Crippen molar-refractivity contribution in [2.75, 3.05) is 16.1 Å². The lowest BCUT2D eigenvalue weighted by Crippen LogP contribution is -2.97. The van der Waals surface area contributed by atoms with E-state index in [-0.39, 0.29) is 11.4 Å². The Hall–Kier alpha value is -3.99. The average molecular weight is 458 g/mol. The Morgan fingerprint density at radius 2 is 1.94 bits per heavy atom. The summed E-state index contributed by atoms with van der Waals surface area (Å²) in [5.74, 6) is -0.547. The highest BCUT2D eigenvalue weighted by Crippen LogP contribution is 2.33. The van der Waals surface area contributed by atoms with Crippen LogP contribution in [-0.2, 0) is 13.2 Å². The predicted octanol–water partition coefficient (Wildman–Crippen LogP) is 2.69. The second kappa shape index (κ2) is 8.17. The van der Waals surface area contributed by atoms with Crippen molar-refractivity contribution < 1.29 is 23.5 Å². The number of hydrogen-bond acceptors (Lipinski definition) is 5. The van der Waals surface area contributed by atoms with E-state index >= 15 is 0 Å². The van der Waals surface area contributed by atoms with Gasteiger partial charge in [-0.15, -0.1) is 5.53 Å². The molecule has 1 aliphatic rings. The van der Waals surface area contributed by atoms with Crippen LogP contribution in [0.2, 0.25) is 0 Å². The minimum absolute atomic E-state index is 0.0295. The number of hydrogen-bond donors (Lipinski definition) is 4. The first-order chi connectivity index (χ1) is 15.5. The number of nitrogen functional groups attached to an aromatic ring is 1. The summed E-state index contributed by atoms with van der Waals surface area (Å²) in [7, 11) is 1.86. The number of quaternary nitrogens is 1. The summed E-state index contributed by atoms with van der Waals surface area (Å²) in [6.07, 6.45) is -0.911. The Balaban J connectivity index is 1.59. The fraction of sp³-hybridized carbons (Fsp3) is 0.182. The maximum Gasteiger partial charge on any atom is 0.416 e. The van der Waals surface area contributed by atoms with Crippen LogP contribution in [0.3, 0.4) is 0 Å². The minimum Gasteiger partial charge on any atom is -0.399 e. The van der Waals surface area contributed by atoms with Crippen molar-refractivity contribution in [3.05, 3.63) is 76.7 Å². The maximum absolute atomic E-state index is 13.1. The molecule has 0 saturated carbocycles. The van der Waals surface area contributed by atoms with E-state index in [1.807, 2.05) is 32.1 Å². The molecule has 33 heavy (non-hydrogen) atoms. The summed E-state index contributed by atoms with van der Waals surface area (Å²) < 4.78 is 41.0. The molecule has 0 spiro atoms. The number of carbonyl (C=O) groups excluding carboxylic acids is 1.